The molecule has 0 N–H and O–H groups in total. The van der Waals surface area contributed by atoms with Crippen LogP contribution in [0.25, 0.3) is 0 Å². The van der Waals surface area contributed by atoms with Crippen molar-refractivity contribution in [2.45, 2.75) is 37.0 Å². The highest BCUT2D eigenvalue weighted by atomic mass is 32.2. The van der Waals surface area contributed by atoms with Crippen molar-refractivity contribution in [2.24, 2.45) is 4.99 Å². The molecule has 148 valence electrons. The lowest BCUT2D eigenvalue weighted by atomic mass is 9.87. The van der Waals surface area contributed by atoms with Gasteiger partial charge in [0, 0.05) is 28.1 Å². The normalized spacial score (nSPS) is 17.1. The van der Waals surface area contributed by atoms with Crippen LogP contribution in [-0.4, -0.2) is 5.71 Å². The Bertz CT molecular complexity index is 1160. The summed E-state index contributed by atoms with van der Waals surface area (Å²) in [5.74, 6) is 0.718. The van der Waals surface area contributed by atoms with Crippen molar-refractivity contribution in [3.05, 3.63) is 118 Å². The van der Waals surface area contributed by atoms with Crippen molar-refractivity contribution >= 4 is 23.2 Å². The van der Waals surface area contributed by atoms with E-state index in [0.717, 1.165) is 12.1 Å². The molecular formula is C28H25NS. The highest BCUT2D eigenvalue weighted by Crippen LogP contribution is 2.47. The summed E-state index contributed by atoms with van der Waals surface area (Å²) in [5, 5.41) is 0. The molecule has 1 nitrogen and oxygen atoms in total. The maximum atomic E-state index is 5.23. The number of allylic oxidation sites excluding steroid dienone is 4. The van der Waals surface area contributed by atoms with E-state index in [0.29, 0.717) is 11.8 Å². The fourth-order valence-electron chi connectivity index (χ4n) is 4.32. The Morgan fingerprint density at radius 3 is 2.10 bits per heavy atom. The van der Waals surface area contributed by atoms with Gasteiger partial charge in [-0.1, -0.05) is 110 Å². The molecule has 3 aromatic carbocycles. The lowest BCUT2D eigenvalue weighted by Crippen LogP contribution is -2.13. The van der Waals surface area contributed by atoms with E-state index in [1.807, 2.05) is 11.8 Å². The zero-order valence-electron chi connectivity index (χ0n) is 17.4. The largest absolute Gasteiger partial charge is 0.250 e. The van der Waals surface area contributed by atoms with E-state index in [2.05, 4.69) is 105 Å². The molecule has 3 aromatic rings. The Balaban J connectivity index is 1.49. The van der Waals surface area contributed by atoms with Crippen LogP contribution in [0.2, 0.25) is 0 Å². The van der Waals surface area contributed by atoms with Gasteiger partial charge < -0.3 is 0 Å². The van der Waals surface area contributed by atoms with E-state index in [9.17, 15) is 0 Å². The SMILES string of the molecule is CC(C1=CC=C2Sc3cccc(C(C)c4ccccc4)c3N=C2C1)c1ccccc1. The topological polar surface area (TPSA) is 12.4 Å². The number of fused-ring (bicyclic) bond motifs is 2. The molecule has 1 aliphatic carbocycles. The smallest absolute Gasteiger partial charge is 0.0811 e. The molecule has 0 amide bonds. The van der Waals surface area contributed by atoms with Crippen molar-refractivity contribution < 1.29 is 0 Å². The van der Waals surface area contributed by atoms with Crippen LogP contribution < -0.4 is 0 Å². The monoisotopic (exact) mass is 407 g/mol. The van der Waals surface area contributed by atoms with Gasteiger partial charge in [0.2, 0.25) is 0 Å². The van der Waals surface area contributed by atoms with Gasteiger partial charge in [-0.15, -0.1) is 0 Å². The van der Waals surface area contributed by atoms with Crippen molar-refractivity contribution in [3.8, 4) is 0 Å². The van der Waals surface area contributed by atoms with E-state index in [1.165, 1.54) is 37.8 Å². The second-order valence-electron chi connectivity index (χ2n) is 8.07. The minimum Gasteiger partial charge on any atom is -0.250 e. The summed E-state index contributed by atoms with van der Waals surface area (Å²) >= 11 is 1.86. The highest BCUT2D eigenvalue weighted by Gasteiger charge is 2.26. The average Bonchev–Trinajstić information content (AvgIpc) is 2.82. The molecule has 0 fully saturated rings. The Kier molecular flexibility index (Phi) is 5.18. The first kappa shape index (κ1) is 19.1. The van der Waals surface area contributed by atoms with Crippen LogP contribution in [0.15, 0.2) is 111 Å². The van der Waals surface area contributed by atoms with Crippen molar-refractivity contribution in [2.75, 3.05) is 0 Å². The fraction of sp³-hybridized carbons (Fsp3) is 0.179. The van der Waals surface area contributed by atoms with E-state index in [4.69, 9.17) is 4.99 Å². The molecule has 0 aromatic heterocycles. The van der Waals surface area contributed by atoms with Gasteiger partial charge in [0.1, 0.15) is 0 Å². The lowest BCUT2D eigenvalue weighted by Gasteiger charge is -2.27. The zero-order valence-corrected chi connectivity index (χ0v) is 18.2. The van der Waals surface area contributed by atoms with Gasteiger partial charge in [-0.3, -0.25) is 4.99 Å². The Hall–Kier alpha value is -2.84. The number of aliphatic imine (C=N–C) groups is 1. The number of benzene rings is 3. The van der Waals surface area contributed by atoms with Gasteiger partial charge in [-0.2, -0.15) is 0 Å². The average molecular weight is 408 g/mol. The number of rotatable bonds is 4. The van der Waals surface area contributed by atoms with Crippen LogP contribution in [0.5, 0.6) is 0 Å². The van der Waals surface area contributed by atoms with Gasteiger partial charge in [0.05, 0.1) is 11.4 Å². The van der Waals surface area contributed by atoms with E-state index in [1.54, 1.807) is 0 Å². The molecule has 1 aliphatic heterocycles. The number of para-hydroxylation sites is 1. The van der Waals surface area contributed by atoms with Crippen molar-refractivity contribution in [3.63, 3.8) is 0 Å². The van der Waals surface area contributed by atoms with E-state index >= 15 is 0 Å². The zero-order chi connectivity index (χ0) is 20.5. The molecule has 30 heavy (non-hydrogen) atoms. The minimum absolute atomic E-state index is 0.318. The van der Waals surface area contributed by atoms with Gasteiger partial charge in [0.15, 0.2) is 0 Å². The summed E-state index contributed by atoms with van der Waals surface area (Å²) in [7, 11) is 0. The van der Waals surface area contributed by atoms with E-state index in [-0.39, 0.29) is 0 Å². The van der Waals surface area contributed by atoms with Crippen LogP contribution in [0.3, 0.4) is 0 Å². The van der Waals surface area contributed by atoms with Gasteiger partial charge in [-0.05, 0) is 28.8 Å². The minimum atomic E-state index is 0.318. The summed E-state index contributed by atoms with van der Waals surface area (Å²) < 4.78 is 0. The molecule has 2 unspecified atom stereocenters. The Morgan fingerprint density at radius 1 is 0.733 bits per heavy atom. The van der Waals surface area contributed by atoms with Crippen LogP contribution in [0.1, 0.15) is 48.8 Å². The quantitative estimate of drug-likeness (QED) is 0.426. The predicted octanol–water partition coefficient (Wildman–Crippen LogP) is 8.03. The molecule has 0 saturated carbocycles. The van der Waals surface area contributed by atoms with Gasteiger partial charge in [-0.25, -0.2) is 0 Å². The molecule has 2 heteroatoms. The highest BCUT2D eigenvalue weighted by molar-refractivity contribution is 8.04. The summed E-state index contributed by atoms with van der Waals surface area (Å²) in [5.41, 5.74) is 7.80. The maximum Gasteiger partial charge on any atom is 0.0811 e. The first-order chi connectivity index (χ1) is 14.7. The fourth-order valence-corrected chi connectivity index (χ4v) is 5.34. The van der Waals surface area contributed by atoms with Gasteiger partial charge in [0.25, 0.3) is 0 Å². The van der Waals surface area contributed by atoms with Crippen LogP contribution >= 0.6 is 11.8 Å². The summed E-state index contributed by atoms with van der Waals surface area (Å²) in [6.45, 7) is 4.58. The molecular weight excluding hydrogens is 382 g/mol. The molecule has 2 aliphatic rings. The number of hydrogen-bond acceptors (Lipinski definition) is 2. The van der Waals surface area contributed by atoms with Gasteiger partial charge >= 0.3 is 0 Å². The summed E-state index contributed by atoms with van der Waals surface area (Å²) in [4.78, 5) is 7.78. The van der Waals surface area contributed by atoms with Crippen LogP contribution in [0, 0.1) is 0 Å². The Morgan fingerprint density at radius 2 is 1.40 bits per heavy atom. The van der Waals surface area contributed by atoms with Crippen LogP contribution in [-0.2, 0) is 0 Å². The number of nitrogens with zero attached hydrogens (tertiary/aromatic N) is 1. The molecule has 0 radical (unpaired) electrons. The predicted molar refractivity (Wildman–Crippen MR) is 129 cm³/mol. The Labute approximate surface area is 183 Å². The first-order valence-corrected chi connectivity index (χ1v) is 11.4. The van der Waals surface area contributed by atoms with E-state index < -0.39 is 0 Å². The summed E-state index contributed by atoms with van der Waals surface area (Å²) in [6.07, 6.45) is 5.49. The number of thioether (sulfide) groups is 1. The van der Waals surface area contributed by atoms with Crippen molar-refractivity contribution in [1.82, 2.24) is 0 Å². The molecule has 0 spiro atoms. The third-order valence-electron chi connectivity index (χ3n) is 6.22. The second kappa shape index (κ2) is 8.12. The molecule has 2 atom stereocenters. The molecule has 0 bridgehead atoms. The third-order valence-corrected chi connectivity index (χ3v) is 7.36. The molecule has 0 saturated heterocycles. The van der Waals surface area contributed by atoms with Crippen molar-refractivity contribution in [1.29, 1.82) is 0 Å². The maximum absolute atomic E-state index is 5.23. The lowest BCUT2D eigenvalue weighted by molar-refractivity contribution is 0.868. The standard InChI is InChI=1S/C28H25NS/c1-19(21-10-5-3-6-11-21)23-16-17-26-25(18-23)29-28-24(14-9-15-27(28)30-26)20(2)22-12-7-4-8-13-22/h3-17,19-20H,18H2,1-2H3. The molecule has 5 rings (SSSR count). The third kappa shape index (κ3) is 3.57. The second-order valence-corrected chi connectivity index (χ2v) is 9.15. The van der Waals surface area contributed by atoms with Crippen LogP contribution in [0.4, 0.5) is 5.69 Å². The number of hydrogen-bond donors (Lipinski definition) is 0. The molecule has 1 heterocycles. The first-order valence-electron chi connectivity index (χ1n) is 10.6. The summed E-state index contributed by atoms with van der Waals surface area (Å²) in [6, 6.07) is 28.1.